The van der Waals surface area contributed by atoms with Gasteiger partial charge in [0.2, 0.25) is 11.8 Å². The van der Waals surface area contributed by atoms with Gasteiger partial charge in [-0.1, -0.05) is 32.9 Å². The Morgan fingerprint density at radius 2 is 2.00 bits per heavy atom. The zero-order valence-electron chi connectivity index (χ0n) is 18.1. The third kappa shape index (κ3) is 8.00. The van der Waals surface area contributed by atoms with Gasteiger partial charge >= 0.3 is 0 Å². The zero-order chi connectivity index (χ0) is 20.7. The second-order valence-electron chi connectivity index (χ2n) is 9.47. The van der Waals surface area contributed by atoms with Gasteiger partial charge in [-0.15, -0.1) is 0 Å². The number of nitrogens with one attached hydrogen (secondary N) is 2. The lowest BCUT2D eigenvalue weighted by Crippen LogP contribution is -3.10. The van der Waals surface area contributed by atoms with E-state index in [4.69, 9.17) is 4.52 Å². The predicted molar refractivity (Wildman–Crippen MR) is 109 cm³/mol. The number of carbonyl (C=O) groups excluding carboxylic acids is 2. The molecular weight excluding hydrogens is 356 g/mol. The van der Waals surface area contributed by atoms with Crippen molar-refractivity contribution < 1.29 is 19.0 Å². The van der Waals surface area contributed by atoms with Crippen molar-refractivity contribution in [2.45, 2.75) is 60.3 Å². The number of anilines is 1. The maximum atomic E-state index is 12.9. The molecule has 0 bridgehead atoms. The minimum Gasteiger partial charge on any atom is -0.360 e. The summed E-state index contributed by atoms with van der Waals surface area (Å²) in [4.78, 5) is 28.6. The van der Waals surface area contributed by atoms with Crippen LogP contribution in [0.3, 0.4) is 0 Å². The molecule has 1 aromatic rings. The van der Waals surface area contributed by atoms with Crippen molar-refractivity contribution >= 4 is 17.6 Å². The van der Waals surface area contributed by atoms with Gasteiger partial charge in [0.25, 0.3) is 0 Å². The summed E-state index contributed by atoms with van der Waals surface area (Å²) in [5.74, 6) is 1.14. The van der Waals surface area contributed by atoms with Gasteiger partial charge in [0.05, 0.1) is 26.2 Å². The quantitative estimate of drug-likeness (QED) is 0.671. The molecule has 1 aromatic heterocycles. The van der Waals surface area contributed by atoms with Crippen LogP contribution in [0.4, 0.5) is 5.82 Å². The lowest BCUT2D eigenvalue weighted by Gasteiger charge is -2.27. The molecule has 28 heavy (non-hydrogen) atoms. The van der Waals surface area contributed by atoms with Crippen molar-refractivity contribution in [2.24, 2.45) is 11.3 Å². The lowest BCUT2D eigenvalue weighted by atomic mass is 9.84. The van der Waals surface area contributed by atoms with E-state index in [2.05, 4.69) is 38.2 Å². The summed E-state index contributed by atoms with van der Waals surface area (Å²) in [7, 11) is 0. The normalized spacial score (nSPS) is 16.2. The largest absolute Gasteiger partial charge is 0.360 e. The second kappa shape index (κ2) is 10.0. The molecule has 0 spiro atoms. The number of amides is 2. The molecule has 0 aromatic carbocycles. The third-order valence-electron chi connectivity index (χ3n) is 5.11. The van der Waals surface area contributed by atoms with Crippen molar-refractivity contribution in [1.29, 1.82) is 0 Å². The van der Waals surface area contributed by atoms with Crippen LogP contribution in [0.15, 0.2) is 10.6 Å². The highest BCUT2D eigenvalue weighted by atomic mass is 16.5. The van der Waals surface area contributed by atoms with Gasteiger partial charge in [-0.3, -0.25) is 9.59 Å². The fourth-order valence-corrected chi connectivity index (χ4v) is 4.04. The Bertz CT molecular complexity index is 644. The van der Waals surface area contributed by atoms with Crippen molar-refractivity contribution in [3.8, 4) is 0 Å². The Morgan fingerprint density at radius 3 is 2.57 bits per heavy atom. The summed E-state index contributed by atoms with van der Waals surface area (Å²) in [5, 5.41) is 6.51. The molecule has 2 amide bonds. The summed E-state index contributed by atoms with van der Waals surface area (Å²) < 4.78 is 4.98. The Labute approximate surface area is 168 Å². The van der Waals surface area contributed by atoms with Crippen LogP contribution in [-0.2, 0) is 9.59 Å². The molecule has 7 nitrogen and oxygen atoms in total. The highest BCUT2D eigenvalue weighted by Crippen LogP contribution is 2.26. The van der Waals surface area contributed by atoms with Crippen molar-refractivity contribution in [3.63, 3.8) is 0 Å². The van der Waals surface area contributed by atoms with Crippen molar-refractivity contribution in [2.75, 3.05) is 38.0 Å². The van der Waals surface area contributed by atoms with Gasteiger partial charge in [-0.2, -0.15) is 0 Å². The molecule has 1 aliphatic heterocycles. The average molecular weight is 394 g/mol. The van der Waals surface area contributed by atoms with E-state index in [0.29, 0.717) is 24.5 Å². The first kappa shape index (κ1) is 22.4. The first-order valence-corrected chi connectivity index (χ1v) is 10.5. The molecule has 0 unspecified atom stereocenters. The van der Waals surface area contributed by atoms with E-state index in [-0.39, 0.29) is 29.7 Å². The summed E-state index contributed by atoms with van der Waals surface area (Å²) in [6, 6.07) is 1.67. The fourth-order valence-electron chi connectivity index (χ4n) is 4.04. The average Bonchev–Trinajstić information content (AvgIpc) is 3.21. The highest BCUT2D eigenvalue weighted by Gasteiger charge is 2.24. The van der Waals surface area contributed by atoms with Crippen LogP contribution in [0.1, 0.15) is 59.1 Å². The van der Waals surface area contributed by atoms with Crippen LogP contribution in [0.25, 0.3) is 0 Å². The molecule has 2 N–H and O–H groups in total. The molecule has 1 fully saturated rings. The maximum absolute atomic E-state index is 12.9. The Balaban J connectivity index is 1.94. The topological polar surface area (TPSA) is 79.9 Å². The second-order valence-corrected chi connectivity index (χ2v) is 9.47. The lowest BCUT2D eigenvalue weighted by molar-refractivity contribution is -0.886. The summed E-state index contributed by atoms with van der Waals surface area (Å²) in [6.07, 6.45) is 3.95. The van der Waals surface area contributed by atoms with Crippen LogP contribution < -0.4 is 10.2 Å². The number of hydrogen-bond acceptors (Lipinski definition) is 4. The molecule has 0 aliphatic carbocycles. The molecule has 158 valence electrons. The summed E-state index contributed by atoms with van der Waals surface area (Å²) in [6.45, 7) is 14.3. The molecule has 2 rings (SSSR count). The minimum atomic E-state index is -0.235. The van der Waals surface area contributed by atoms with Crippen LogP contribution in [-0.4, -0.2) is 54.6 Å². The SMILES string of the molecule is Cc1cc(NC(=O)CN(CC[NH+]2CCCC2)C(=O)C[C@@H](C)CC(C)(C)C)no1. The standard InChI is InChI=1S/C21H36N4O3/c1-16(14-21(3,4)5)12-20(27)25(11-10-24-8-6-7-9-24)15-19(26)22-18-13-17(2)28-23-18/h13,16H,6-12,14-15H2,1-5H3,(H,22,23,26)/p+1/t16-/m1/s1. The van der Waals surface area contributed by atoms with Gasteiger partial charge in [-0.25, -0.2) is 0 Å². The number of aryl methyl sites for hydroxylation is 1. The number of rotatable bonds is 9. The van der Waals surface area contributed by atoms with Gasteiger partial charge in [0.1, 0.15) is 12.3 Å². The van der Waals surface area contributed by atoms with Gasteiger partial charge < -0.3 is 19.6 Å². The molecule has 0 saturated carbocycles. The Hall–Kier alpha value is -1.89. The van der Waals surface area contributed by atoms with Crippen LogP contribution in [0.2, 0.25) is 0 Å². The van der Waals surface area contributed by atoms with Gasteiger partial charge in [-0.05, 0) is 24.7 Å². The van der Waals surface area contributed by atoms with E-state index < -0.39 is 0 Å². The van der Waals surface area contributed by atoms with E-state index in [0.717, 1.165) is 26.1 Å². The Kier molecular flexibility index (Phi) is 8.04. The molecule has 2 heterocycles. The number of nitrogens with zero attached hydrogens (tertiary/aromatic N) is 2. The first-order chi connectivity index (χ1) is 13.1. The van der Waals surface area contributed by atoms with E-state index in [1.807, 2.05) is 0 Å². The highest BCUT2D eigenvalue weighted by molar-refractivity contribution is 5.93. The molecule has 1 atom stereocenters. The monoisotopic (exact) mass is 393 g/mol. The van der Waals surface area contributed by atoms with Crippen LogP contribution in [0.5, 0.6) is 0 Å². The minimum absolute atomic E-state index is 0.0558. The van der Waals surface area contributed by atoms with E-state index >= 15 is 0 Å². The van der Waals surface area contributed by atoms with Crippen LogP contribution >= 0.6 is 0 Å². The van der Waals surface area contributed by atoms with Crippen molar-refractivity contribution in [3.05, 3.63) is 11.8 Å². The number of aromatic nitrogens is 1. The summed E-state index contributed by atoms with van der Waals surface area (Å²) in [5.41, 5.74) is 0.187. The van der Waals surface area contributed by atoms with Crippen molar-refractivity contribution in [1.82, 2.24) is 10.1 Å². The third-order valence-corrected chi connectivity index (χ3v) is 5.11. The Morgan fingerprint density at radius 1 is 1.32 bits per heavy atom. The van der Waals surface area contributed by atoms with Gasteiger partial charge in [0.15, 0.2) is 5.82 Å². The summed E-state index contributed by atoms with van der Waals surface area (Å²) >= 11 is 0. The zero-order valence-corrected chi connectivity index (χ0v) is 18.1. The molecule has 0 radical (unpaired) electrons. The predicted octanol–water partition coefficient (Wildman–Crippen LogP) is 1.89. The molecular formula is C21H37N4O3+. The molecule has 1 aliphatic rings. The molecule has 7 heteroatoms. The van der Waals surface area contributed by atoms with E-state index in [9.17, 15) is 9.59 Å². The smallest absolute Gasteiger partial charge is 0.245 e. The number of likely N-dealkylation sites (tertiary alicyclic amines) is 1. The van der Waals surface area contributed by atoms with Gasteiger partial charge in [0, 0.05) is 25.3 Å². The number of hydrogen-bond donors (Lipinski definition) is 2. The number of carbonyl (C=O) groups is 2. The molecule has 1 saturated heterocycles. The van der Waals surface area contributed by atoms with E-state index in [1.54, 1.807) is 17.9 Å². The fraction of sp³-hybridized carbons (Fsp3) is 0.762. The first-order valence-electron chi connectivity index (χ1n) is 10.5. The van der Waals surface area contributed by atoms with Crippen LogP contribution in [0, 0.1) is 18.3 Å². The number of quaternary nitrogens is 1. The maximum Gasteiger partial charge on any atom is 0.245 e. The van der Waals surface area contributed by atoms with E-state index in [1.165, 1.54) is 17.7 Å².